The van der Waals surface area contributed by atoms with Crippen LogP contribution >= 0.6 is 0 Å². The summed E-state index contributed by atoms with van der Waals surface area (Å²) in [6.07, 6.45) is 2.74. The van der Waals surface area contributed by atoms with Crippen molar-refractivity contribution in [2.45, 2.75) is 18.9 Å². The average Bonchev–Trinajstić information content (AvgIpc) is 2.28. The summed E-state index contributed by atoms with van der Waals surface area (Å²) in [6, 6.07) is 2.36. The van der Waals surface area contributed by atoms with Crippen molar-refractivity contribution in [1.29, 1.82) is 0 Å². The third-order valence-electron chi connectivity index (χ3n) is 2.04. The maximum Gasteiger partial charge on any atom is 0.337 e. The summed E-state index contributed by atoms with van der Waals surface area (Å²) in [5.74, 6) is -1.15. The van der Waals surface area contributed by atoms with Gasteiger partial charge in [0, 0.05) is 12.7 Å². The van der Waals surface area contributed by atoms with Gasteiger partial charge in [-0.15, -0.1) is 0 Å². The molecule has 0 amide bonds. The summed E-state index contributed by atoms with van der Waals surface area (Å²) in [7, 11) is -3.70. The lowest BCUT2D eigenvalue weighted by Crippen LogP contribution is -2.24. The van der Waals surface area contributed by atoms with E-state index in [2.05, 4.69) is 9.71 Å². The van der Waals surface area contributed by atoms with E-state index in [4.69, 9.17) is 5.11 Å². The molecule has 1 aromatic heterocycles. The van der Waals surface area contributed by atoms with Crippen LogP contribution in [0.5, 0.6) is 0 Å². The highest BCUT2D eigenvalue weighted by Crippen LogP contribution is 2.06. The van der Waals surface area contributed by atoms with Crippen LogP contribution in [0.3, 0.4) is 0 Å². The number of nitrogens with one attached hydrogen (secondary N) is 1. The molecule has 1 heterocycles. The van der Waals surface area contributed by atoms with Crippen molar-refractivity contribution in [3.8, 4) is 0 Å². The quantitative estimate of drug-likeness (QED) is 0.779. The van der Waals surface area contributed by atoms with E-state index < -0.39 is 16.0 Å². The Morgan fingerprint density at radius 2 is 2.11 bits per heavy atom. The average molecular weight is 270 g/mol. The summed E-state index contributed by atoms with van der Waals surface area (Å²) >= 11 is 0. The van der Waals surface area contributed by atoms with Gasteiger partial charge in [0.25, 0.3) is 10.0 Å². The highest BCUT2D eigenvalue weighted by Gasteiger charge is 2.15. The molecule has 0 aliphatic rings. The zero-order valence-corrected chi connectivity index (χ0v) is 10.9. The monoisotopic (exact) mass is 270 g/mol. The molecule has 0 atom stereocenters. The summed E-state index contributed by atoms with van der Waals surface area (Å²) in [4.78, 5) is 14.2. The molecule has 7 heteroatoms. The Morgan fingerprint density at radius 1 is 1.44 bits per heavy atom. The molecule has 98 valence electrons. The van der Waals surface area contributed by atoms with Crippen molar-refractivity contribution >= 4 is 16.0 Å². The second kappa shape index (κ2) is 5.74. The van der Waals surface area contributed by atoms with Gasteiger partial charge in [-0.1, -0.05) is 11.6 Å². The number of allylic oxidation sites excluding steroid dienone is 1. The summed E-state index contributed by atoms with van der Waals surface area (Å²) < 4.78 is 25.8. The standard InChI is InChI=1S/C11H14N2O4S/c1-8(2)5-6-13-18(16,17)10-4-3-9(7-12-10)11(14)15/h3-5,7,13H,6H2,1-2H3,(H,14,15). The maximum absolute atomic E-state index is 11.7. The molecule has 6 nitrogen and oxygen atoms in total. The van der Waals surface area contributed by atoms with Crippen molar-refractivity contribution in [2.75, 3.05) is 6.54 Å². The number of sulfonamides is 1. The van der Waals surface area contributed by atoms with Gasteiger partial charge in [-0.3, -0.25) is 0 Å². The van der Waals surface area contributed by atoms with Crippen LogP contribution in [-0.4, -0.2) is 31.0 Å². The molecule has 0 bridgehead atoms. The first-order valence-corrected chi connectivity index (χ1v) is 6.63. The molecule has 0 saturated heterocycles. The van der Waals surface area contributed by atoms with Gasteiger partial charge in [-0.2, -0.15) is 0 Å². The molecule has 1 aromatic rings. The van der Waals surface area contributed by atoms with Crippen LogP contribution in [0.4, 0.5) is 0 Å². The molecule has 0 saturated carbocycles. The molecule has 0 aliphatic carbocycles. The second-order valence-corrected chi connectivity index (χ2v) is 5.54. The number of hydrogen-bond acceptors (Lipinski definition) is 4. The number of carboxylic acids is 1. The van der Waals surface area contributed by atoms with E-state index in [0.29, 0.717) is 0 Å². The number of aromatic carboxylic acids is 1. The minimum Gasteiger partial charge on any atom is -0.478 e. The van der Waals surface area contributed by atoms with Crippen LogP contribution in [0.2, 0.25) is 0 Å². The Labute approximate surface area is 105 Å². The number of rotatable bonds is 5. The van der Waals surface area contributed by atoms with Gasteiger partial charge in [0.05, 0.1) is 5.56 Å². The van der Waals surface area contributed by atoms with E-state index in [1.807, 2.05) is 13.8 Å². The van der Waals surface area contributed by atoms with Crippen LogP contribution in [0.15, 0.2) is 35.0 Å². The minimum atomic E-state index is -3.70. The van der Waals surface area contributed by atoms with Crippen LogP contribution in [0.1, 0.15) is 24.2 Å². The van der Waals surface area contributed by atoms with E-state index in [1.54, 1.807) is 6.08 Å². The van der Waals surface area contributed by atoms with E-state index in [9.17, 15) is 13.2 Å². The minimum absolute atomic E-state index is 0.0572. The molecule has 1 rings (SSSR count). The Bertz CT molecular complexity index is 557. The van der Waals surface area contributed by atoms with Crippen LogP contribution in [-0.2, 0) is 10.0 Å². The van der Waals surface area contributed by atoms with Crippen LogP contribution < -0.4 is 4.72 Å². The molecule has 0 aliphatic heterocycles. The molecular formula is C11H14N2O4S. The maximum atomic E-state index is 11.7. The molecule has 0 fully saturated rings. The summed E-state index contributed by atoms with van der Waals surface area (Å²) in [5.41, 5.74) is 0.935. The van der Waals surface area contributed by atoms with Gasteiger partial charge in [-0.25, -0.2) is 22.9 Å². The Balaban J connectivity index is 2.85. The SMILES string of the molecule is CC(C)=CCNS(=O)(=O)c1ccc(C(=O)O)cn1. The number of hydrogen-bond donors (Lipinski definition) is 2. The van der Waals surface area contributed by atoms with Gasteiger partial charge in [0.2, 0.25) is 0 Å². The number of carboxylic acid groups (broad SMARTS) is 1. The Hall–Kier alpha value is -1.73. The van der Waals surface area contributed by atoms with Gasteiger partial charge >= 0.3 is 5.97 Å². The number of pyridine rings is 1. The lowest BCUT2D eigenvalue weighted by Gasteiger charge is -2.04. The number of aromatic nitrogens is 1. The smallest absolute Gasteiger partial charge is 0.337 e. The van der Waals surface area contributed by atoms with E-state index >= 15 is 0 Å². The molecule has 0 spiro atoms. The Kier molecular flexibility index (Phi) is 4.57. The molecular weight excluding hydrogens is 256 g/mol. The summed E-state index contributed by atoms with van der Waals surface area (Å²) in [5, 5.41) is 8.47. The van der Waals surface area contributed by atoms with Gasteiger partial charge < -0.3 is 5.11 Å². The largest absolute Gasteiger partial charge is 0.478 e. The van der Waals surface area contributed by atoms with Crippen LogP contribution in [0.25, 0.3) is 0 Å². The van der Waals surface area contributed by atoms with E-state index in [0.717, 1.165) is 17.8 Å². The fourth-order valence-corrected chi connectivity index (χ4v) is 1.98. The topological polar surface area (TPSA) is 96.4 Å². The van der Waals surface area contributed by atoms with Crippen LogP contribution in [0, 0.1) is 0 Å². The molecule has 2 N–H and O–H groups in total. The first-order chi connectivity index (χ1) is 8.33. The van der Waals surface area contributed by atoms with E-state index in [1.165, 1.54) is 6.07 Å². The fraction of sp³-hybridized carbons (Fsp3) is 0.273. The van der Waals surface area contributed by atoms with E-state index in [-0.39, 0.29) is 17.1 Å². The number of nitrogens with zero attached hydrogens (tertiary/aromatic N) is 1. The van der Waals surface area contributed by atoms with Gasteiger partial charge in [0.15, 0.2) is 5.03 Å². The predicted molar refractivity (Wildman–Crippen MR) is 65.8 cm³/mol. The molecule has 0 aromatic carbocycles. The highest BCUT2D eigenvalue weighted by atomic mass is 32.2. The zero-order valence-electron chi connectivity index (χ0n) is 10.0. The highest BCUT2D eigenvalue weighted by molar-refractivity contribution is 7.89. The third-order valence-corrected chi connectivity index (χ3v) is 3.38. The third kappa shape index (κ3) is 3.94. The normalized spacial score (nSPS) is 11.0. The first kappa shape index (κ1) is 14.3. The predicted octanol–water partition coefficient (Wildman–Crippen LogP) is 1.02. The lowest BCUT2D eigenvalue weighted by atomic mass is 10.3. The van der Waals surface area contributed by atoms with Gasteiger partial charge in [-0.05, 0) is 26.0 Å². The zero-order chi connectivity index (χ0) is 13.8. The molecule has 0 radical (unpaired) electrons. The number of carbonyl (C=O) groups is 1. The summed E-state index contributed by atoms with van der Waals surface area (Å²) in [6.45, 7) is 3.88. The van der Waals surface area contributed by atoms with Crippen molar-refractivity contribution in [1.82, 2.24) is 9.71 Å². The molecule has 0 unspecified atom stereocenters. The second-order valence-electron chi connectivity index (χ2n) is 3.82. The van der Waals surface area contributed by atoms with Crippen molar-refractivity contribution in [3.05, 3.63) is 35.5 Å². The lowest BCUT2D eigenvalue weighted by molar-refractivity contribution is 0.0696. The molecule has 18 heavy (non-hydrogen) atoms. The van der Waals surface area contributed by atoms with Gasteiger partial charge in [0.1, 0.15) is 0 Å². The Morgan fingerprint density at radius 3 is 2.56 bits per heavy atom. The van der Waals surface area contributed by atoms with Crippen molar-refractivity contribution < 1.29 is 18.3 Å². The van der Waals surface area contributed by atoms with Crippen molar-refractivity contribution in [3.63, 3.8) is 0 Å². The fourth-order valence-electron chi connectivity index (χ4n) is 1.10. The first-order valence-electron chi connectivity index (χ1n) is 5.15. The van der Waals surface area contributed by atoms with Crippen molar-refractivity contribution in [2.24, 2.45) is 0 Å².